The zero-order valence-electron chi connectivity index (χ0n) is 16.8. The largest absolute Gasteiger partial charge is 0.0907 e. The van der Waals surface area contributed by atoms with E-state index in [-0.39, 0.29) is 0 Å². The molecule has 0 spiro atoms. The average molecular weight is 379 g/mol. The first-order valence-electron chi connectivity index (χ1n) is 10.2. The van der Waals surface area contributed by atoms with Gasteiger partial charge in [-0.05, 0) is 40.3 Å². The second-order valence-electron chi connectivity index (χ2n) is 8.56. The van der Waals surface area contributed by atoms with Crippen LogP contribution in [-0.2, 0) is 0 Å². The summed E-state index contributed by atoms with van der Waals surface area (Å²) >= 11 is 0. The van der Waals surface area contributed by atoms with Gasteiger partial charge in [-0.2, -0.15) is 0 Å². The number of hydrogen-bond acceptors (Lipinski definition) is 0. The maximum absolute atomic E-state index is 2.57. The van der Waals surface area contributed by atoms with Gasteiger partial charge in [0.25, 0.3) is 0 Å². The van der Waals surface area contributed by atoms with E-state index >= 15 is 0 Å². The van der Waals surface area contributed by atoms with Crippen molar-refractivity contribution in [1.29, 1.82) is 0 Å². The Hall–Kier alpha value is -2.64. The van der Waals surface area contributed by atoms with Crippen LogP contribution in [-0.4, -0.2) is 8.07 Å². The van der Waals surface area contributed by atoms with E-state index in [1.807, 2.05) is 0 Å². The first kappa shape index (κ1) is 17.5. The topological polar surface area (TPSA) is 0 Å². The van der Waals surface area contributed by atoms with Gasteiger partial charge in [0, 0.05) is 11.5 Å². The molecule has 3 aromatic carbocycles. The zero-order chi connectivity index (χ0) is 19.3. The first-order chi connectivity index (χ1) is 13.6. The molecule has 0 bridgehead atoms. The molecule has 0 nitrogen and oxygen atoms in total. The summed E-state index contributed by atoms with van der Waals surface area (Å²) in [6.45, 7) is 7.29. The summed E-state index contributed by atoms with van der Waals surface area (Å²) in [5.74, 6) is 0.419. The third-order valence-electron chi connectivity index (χ3n) is 6.66. The lowest BCUT2D eigenvalue weighted by atomic mass is 10.0. The summed E-state index contributed by atoms with van der Waals surface area (Å²) in [6, 6.07) is 27.1. The Bertz CT molecular complexity index is 1070. The summed E-state index contributed by atoms with van der Waals surface area (Å²) in [6.07, 6.45) is 7.14. The van der Waals surface area contributed by atoms with Crippen LogP contribution in [0.4, 0.5) is 0 Å². The molecule has 0 saturated carbocycles. The Kier molecular flexibility index (Phi) is 4.03. The van der Waals surface area contributed by atoms with Crippen molar-refractivity contribution in [3.05, 3.63) is 112 Å². The van der Waals surface area contributed by atoms with E-state index in [9.17, 15) is 0 Å². The molecule has 0 saturated heterocycles. The van der Waals surface area contributed by atoms with Gasteiger partial charge in [0.15, 0.2) is 0 Å². The lowest BCUT2D eigenvalue weighted by Gasteiger charge is -2.35. The highest BCUT2D eigenvalue weighted by atomic mass is 28.3. The number of rotatable bonds is 3. The summed E-state index contributed by atoms with van der Waals surface area (Å²) in [4.78, 5) is 0. The van der Waals surface area contributed by atoms with Crippen LogP contribution in [0.25, 0.3) is 17.2 Å². The quantitative estimate of drug-likeness (QED) is 0.330. The second kappa shape index (κ2) is 6.46. The lowest BCUT2D eigenvalue weighted by molar-refractivity contribution is 1.03. The molecule has 0 N–H and O–H groups in total. The van der Waals surface area contributed by atoms with Crippen molar-refractivity contribution in [2.45, 2.75) is 31.5 Å². The van der Waals surface area contributed by atoms with E-state index in [1.165, 1.54) is 33.4 Å². The molecule has 1 unspecified atom stereocenters. The number of fused-ring (bicyclic) bond motifs is 4. The van der Waals surface area contributed by atoms with Gasteiger partial charge in [-0.25, -0.2) is 0 Å². The molecule has 2 aliphatic rings. The van der Waals surface area contributed by atoms with E-state index in [1.54, 1.807) is 5.20 Å². The van der Waals surface area contributed by atoms with Gasteiger partial charge in [-0.15, -0.1) is 0 Å². The van der Waals surface area contributed by atoms with E-state index in [4.69, 9.17) is 0 Å². The van der Waals surface area contributed by atoms with E-state index in [0.717, 1.165) is 0 Å². The van der Waals surface area contributed by atoms with Gasteiger partial charge in [0.2, 0.25) is 0 Å². The highest BCUT2D eigenvalue weighted by molar-refractivity contribution is 6.87. The second-order valence-corrected chi connectivity index (χ2v) is 13.2. The minimum atomic E-state index is -1.83. The van der Waals surface area contributed by atoms with Crippen molar-refractivity contribution in [2.75, 3.05) is 0 Å². The fourth-order valence-electron chi connectivity index (χ4n) is 5.44. The molecule has 0 radical (unpaired) electrons. The summed E-state index contributed by atoms with van der Waals surface area (Å²) in [7, 11) is -1.83. The third-order valence-corrected chi connectivity index (χ3v) is 10.7. The molecule has 28 heavy (non-hydrogen) atoms. The molecular weight excluding hydrogens is 352 g/mol. The standard InChI is InChI=1S/C27H26Si/c1-4-11-23-20-13-6-5-12-19(20)18-26(23)28(2,3)27-24-16-9-7-14-21(24)22-15-8-10-17-25(22)27/h4-18,23,27H,1-3H3. The van der Waals surface area contributed by atoms with Crippen molar-refractivity contribution in [3.63, 3.8) is 0 Å². The average Bonchev–Trinajstić information content (AvgIpc) is 3.25. The fourth-order valence-corrected chi connectivity index (χ4v) is 9.41. The Balaban J connectivity index is 1.69. The molecule has 2 aliphatic carbocycles. The molecule has 5 rings (SSSR count). The maximum Gasteiger partial charge on any atom is 0.0889 e. The summed E-state index contributed by atoms with van der Waals surface area (Å²) in [5.41, 5.74) is 9.29. The number of benzene rings is 3. The van der Waals surface area contributed by atoms with Crippen LogP contribution in [0.1, 0.15) is 40.6 Å². The normalized spacial score (nSPS) is 18.1. The third kappa shape index (κ3) is 2.43. The highest BCUT2D eigenvalue weighted by Gasteiger charge is 2.45. The number of allylic oxidation sites excluding steroid dienone is 3. The Morgan fingerprint density at radius 1 is 0.714 bits per heavy atom. The van der Waals surface area contributed by atoms with E-state index < -0.39 is 8.07 Å². The van der Waals surface area contributed by atoms with E-state index in [0.29, 0.717) is 11.5 Å². The van der Waals surface area contributed by atoms with Crippen LogP contribution in [0.15, 0.2) is 90.1 Å². The van der Waals surface area contributed by atoms with Gasteiger partial charge in [0.05, 0.1) is 8.07 Å². The smallest absolute Gasteiger partial charge is 0.0889 e. The molecule has 0 aromatic heterocycles. The number of hydrogen-bond donors (Lipinski definition) is 0. The summed E-state index contributed by atoms with van der Waals surface area (Å²) in [5, 5.41) is 1.66. The first-order valence-corrected chi connectivity index (χ1v) is 13.3. The van der Waals surface area contributed by atoms with Crippen LogP contribution < -0.4 is 0 Å². The molecule has 0 heterocycles. The van der Waals surface area contributed by atoms with Gasteiger partial charge in [-0.3, -0.25) is 0 Å². The molecule has 1 atom stereocenters. The van der Waals surface area contributed by atoms with Crippen molar-refractivity contribution < 1.29 is 0 Å². The Labute approximate surface area is 169 Å². The van der Waals surface area contributed by atoms with Crippen LogP contribution in [0.3, 0.4) is 0 Å². The lowest BCUT2D eigenvalue weighted by Crippen LogP contribution is -2.38. The minimum absolute atomic E-state index is 0.419. The molecular formula is C27H26Si. The molecule has 0 fully saturated rings. The Morgan fingerprint density at radius 3 is 1.86 bits per heavy atom. The molecule has 3 aromatic rings. The predicted octanol–water partition coefficient (Wildman–Crippen LogP) is 7.34. The van der Waals surface area contributed by atoms with E-state index in [2.05, 4.69) is 111 Å². The van der Waals surface area contributed by atoms with Gasteiger partial charge in [-0.1, -0.05) is 109 Å². The predicted molar refractivity (Wildman–Crippen MR) is 123 cm³/mol. The van der Waals surface area contributed by atoms with Crippen LogP contribution in [0.5, 0.6) is 0 Å². The molecule has 0 amide bonds. The molecule has 1 heteroatoms. The van der Waals surface area contributed by atoms with Crippen molar-refractivity contribution in [3.8, 4) is 11.1 Å². The Morgan fingerprint density at radius 2 is 1.25 bits per heavy atom. The van der Waals surface area contributed by atoms with Gasteiger partial charge < -0.3 is 0 Å². The van der Waals surface area contributed by atoms with Crippen molar-refractivity contribution >= 4 is 14.1 Å². The fraction of sp³-hybridized carbons (Fsp3) is 0.185. The summed E-state index contributed by atoms with van der Waals surface area (Å²) < 4.78 is 0. The van der Waals surface area contributed by atoms with Crippen LogP contribution in [0.2, 0.25) is 13.1 Å². The zero-order valence-corrected chi connectivity index (χ0v) is 17.8. The van der Waals surface area contributed by atoms with Crippen molar-refractivity contribution in [1.82, 2.24) is 0 Å². The van der Waals surface area contributed by atoms with Crippen molar-refractivity contribution in [2.24, 2.45) is 0 Å². The molecule has 138 valence electrons. The monoisotopic (exact) mass is 378 g/mol. The van der Waals surface area contributed by atoms with Gasteiger partial charge in [0.1, 0.15) is 0 Å². The maximum atomic E-state index is 2.57. The van der Waals surface area contributed by atoms with Crippen LogP contribution in [0, 0.1) is 0 Å². The molecule has 0 aliphatic heterocycles. The minimum Gasteiger partial charge on any atom is -0.0907 e. The van der Waals surface area contributed by atoms with Crippen LogP contribution >= 0.6 is 0 Å². The highest BCUT2D eigenvalue weighted by Crippen LogP contribution is 2.54. The van der Waals surface area contributed by atoms with Gasteiger partial charge >= 0.3 is 0 Å². The SMILES string of the molecule is CC=CC1C([Si](C)(C)C2c3ccccc3-c3ccccc32)=Cc2ccccc21.